The van der Waals surface area contributed by atoms with E-state index in [1.165, 1.54) is 112 Å². The van der Waals surface area contributed by atoms with Gasteiger partial charge >= 0.3 is 0 Å². The van der Waals surface area contributed by atoms with Gasteiger partial charge in [0.05, 0.1) is 0 Å². The summed E-state index contributed by atoms with van der Waals surface area (Å²) >= 11 is 0. The van der Waals surface area contributed by atoms with E-state index in [4.69, 9.17) is 0 Å². The first-order valence-corrected chi connectivity index (χ1v) is 19.7. The van der Waals surface area contributed by atoms with E-state index in [2.05, 4.69) is 208 Å². The van der Waals surface area contributed by atoms with Gasteiger partial charge in [-0.3, -0.25) is 0 Å². The van der Waals surface area contributed by atoms with Crippen LogP contribution in [0.1, 0.15) is 33.4 Å². The molecule has 0 atom stereocenters. The van der Waals surface area contributed by atoms with Crippen molar-refractivity contribution in [3.63, 3.8) is 0 Å². The van der Waals surface area contributed by atoms with Gasteiger partial charge in [0.15, 0.2) is 0 Å². The minimum atomic E-state index is 0.970. The molecule has 2 heteroatoms. The summed E-state index contributed by atoms with van der Waals surface area (Å²) in [5.74, 6) is 0. The molecule has 0 saturated carbocycles. The molecule has 0 heterocycles. The Kier molecular flexibility index (Phi) is 8.22. The number of anilines is 4. The third-order valence-corrected chi connectivity index (χ3v) is 12.3. The SMILES string of the molecule is Cc1cc(-c2ccc(N(C)c3ccccc3-c3cccc4c3Cc3ccccc3-4)c(C)c2)ccc1N(C)c1ccccc1-c1cccc2c1Cc1ccccc1-2. The lowest BCUT2D eigenvalue weighted by atomic mass is 9.93. The predicted octanol–water partition coefficient (Wildman–Crippen LogP) is 14.0. The topological polar surface area (TPSA) is 6.48 Å². The van der Waals surface area contributed by atoms with Crippen LogP contribution in [0.4, 0.5) is 22.7 Å². The molecule has 0 radical (unpaired) electrons. The molecular weight excluding hydrogens is 677 g/mol. The minimum Gasteiger partial charge on any atom is -0.344 e. The van der Waals surface area contributed by atoms with Crippen LogP contribution in [-0.2, 0) is 12.8 Å². The zero-order valence-electron chi connectivity index (χ0n) is 32.5. The summed E-state index contributed by atoms with van der Waals surface area (Å²) in [6.45, 7) is 4.47. The Morgan fingerprint density at radius 2 is 0.661 bits per heavy atom. The number of benzene rings is 8. The summed E-state index contributed by atoms with van der Waals surface area (Å²) < 4.78 is 0. The molecule has 8 aromatic rings. The van der Waals surface area contributed by atoms with E-state index in [1.807, 2.05) is 0 Å². The number of hydrogen-bond donors (Lipinski definition) is 0. The van der Waals surface area contributed by atoms with Crippen molar-refractivity contribution in [1.82, 2.24) is 0 Å². The monoisotopic (exact) mass is 720 g/mol. The van der Waals surface area contributed by atoms with Crippen LogP contribution < -0.4 is 9.80 Å². The van der Waals surface area contributed by atoms with E-state index in [0.29, 0.717) is 0 Å². The third kappa shape index (κ3) is 5.56. The molecule has 0 aromatic heterocycles. The maximum atomic E-state index is 2.36. The van der Waals surface area contributed by atoms with Gasteiger partial charge in [-0.05, 0) is 141 Å². The molecule has 270 valence electrons. The van der Waals surface area contributed by atoms with E-state index < -0.39 is 0 Å². The van der Waals surface area contributed by atoms with Gasteiger partial charge in [0, 0.05) is 48.0 Å². The fraction of sp³-hybridized carbons (Fsp3) is 0.111. The third-order valence-electron chi connectivity index (χ3n) is 12.3. The average Bonchev–Trinajstić information content (AvgIpc) is 3.82. The Bertz CT molecular complexity index is 2630. The normalized spacial score (nSPS) is 12.1. The zero-order chi connectivity index (χ0) is 37.9. The molecule has 2 nitrogen and oxygen atoms in total. The van der Waals surface area contributed by atoms with Gasteiger partial charge in [0.25, 0.3) is 0 Å². The fourth-order valence-electron chi connectivity index (χ4n) is 9.49. The van der Waals surface area contributed by atoms with Crippen LogP contribution in [0.5, 0.6) is 0 Å². The van der Waals surface area contributed by atoms with E-state index in [-0.39, 0.29) is 0 Å². The highest BCUT2D eigenvalue weighted by Gasteiger charge is 2.25. The summed E-state index contributed by atoms with van der Waals surface area (Å²) in [6, 6.07) is 62.8. The van der Waals surface area contributed by atoms with Crippen molar-refractivity contribution in [3.8, 4) is 55.6 Å². The number of para-hydroxylation sites is 2. The van der Waals surface area contributed by atoms with Gasteiger partial charge in [-0.25, -0.2) is 0 Å². The van der Waals surface area contributed by atoms with Gasteiger partial charge < -0.3 is 9.80 Å². The van der Waals surface area contributed by atoms with Crippen molar-refractivity contribution < 1.29 is 0 Å². The second-order valence-electron chi connectivity index (χ2n) is 15.5. The molecule has 0 N–H and O–H groups in total. The van der Waals surface area contributed by atoms with Gasteiger partial charge in [-0.15, -0.1) is 0 Å². The van der Waals surface area contributed by atoms with Crippen LogP contribution in [0.2, 0.25) is 0 Å². The largest absolute Gasteiger partial charge is 0.344 e. The van der Waals surface area contributed by atoms with E-state index >= 15 is 0 Å². The highest BCUT2D eigenvalue weighted by molar-refractivity contribution is 5.92. The van der Waals surface area contributed by atoms with Gasteiger partial charge in [0.1, 0.15) is 0 Å². The molecule has 0 fully saturated rings. The van der Waals surface area contributed by atoms with Crippen molar-refractivity contribution in [2.45, 2.75) is 26.7 Å². The van der Waals surface area contributed by atoms with Gasteiger partial charge in [0.2, 0.25) is 0 Å². The van der Waals surface area contributed by atoms with Crippen molar-refractivity contribution >= 4 is 22.7 Å². The lowest BCUT2D eigenvalue weighted by Gasteiger charge is -2.26. The average molecular weight is 721 g/mol. The Hall–Kier alpha value is -6.64. The van der Waals surface area contributed by atoms with Crippen LogP contribution in [0.3, 0.4) is 0 Å². The lowest BCUT2D eigenvalue weighted by molar-refractivity contribution is 1.18. The molecule has 0 aliphatic heterocycles. The fourth-order valence-corrected chi connectivity index (χ4v) is 9.49. The van der Waals surface area contributed by atoms with E-state index in [9.17, 15) is 0 Å². The highest BCUT2D eigenvalue weighted by atomic mass is 15.1. The van der Waals surface area contributed by atoms with Gasteiger partial charge in [-0.2, -0.15) is 0 Å². The number of fused-ring (bicyclic) bond motifs is 6. The maximum absolute atomic E-state index is 2.36. The highest BCUT2D eigenvalue weighted by Crippen LogP contribution is 2.47. The maximum Gasteiger partial charge on any atom is 0.0487 e. The molecule has 2 aliphatic carbocycles. The first-order chi connectivity index (χ1) is 27.4. The molecule has 0 amide bonds. The van der Waals surface area contributed by atoms with Crippen LogP contribution in [-0.4, -0.2) is 14.1 Å². The van der Waals surface area contributed by atoms with Crippen LogP contribution in [0, 0.1) is 13.8 Å². The van der Waals surface area contributed by atoms with Crippen molar-refractivity contribution in [1.29, 1.82) is 0 Å². The minimum absolute atomic E-state index is 0.970. The van der Waals surface area contributed by atoms with E-state index in [0.717, 1.165) is 12.8 Å². The summed E-state index contributed by atoms with van der Waals surface area (Å²) in [4.78, 5) is 4.72. The van der Waals surface area contributed by atoms with Crippen LogP contribution >= 0.6 is 0 Å². The van der Waals surface area contributed by atoms with Crippen molar-refractivity contribution in [3.05, 3.63) is 203 Å². The molecule has 0 saturated heterocycles. The molecule has 0 spiro atoms. The first-order valence-electron chi connectivity index (χ1n) is 19.7. The Balaban J connectivity index is 0.936. The van der Waals surface area contributed by atoms with Gasteiger partial charge in [-0.1, -0.05) is 133 Å². The molecule has 0 unspecified atom stereocenters. The van der Waals surface area contributed by atoms with Crippen LogP contribution in [0.25, 0.3) is 55.6 Å². The molecule has 0 bridgehead atoms. The number of rotatable bonds is 7. The Morgan fingerprint density at radius 1 is 0.321 bits per heavy atom. The lowest BCUT2D eigenvalue weighted by Crippen LogP contribution is -2.12. The standard InChI is InChI=1S/C54H44N2/c1-35-31-37(27-29-51(35)55(3)53-25-11-9-19-47(53)45-23-13-21-43-41-17-7-5-15-39(41)33-49(43)45)38-28-30-52(36(2)32-38)56(4)54-26-12-10-20-48(54)46-24-14-22-44-42-18-8-6-16-40(42)34-50(44)46/h5-32H,33-34H2,1-4H3. The predicted molar refractivity (Wildman–Crippen MR) is 238 cm³/mol. The smallest absolute Gasteiger partial charge is 0.0487 e. The Morgan fingerprint density at radius 3 is 1.07 bits per heavy atom. The first kappa shape index (κ1) is 33.9. The number of hydrogen-bond acceptors (Lipinski definition) is 2. The number of nitrogens with zero attached hydrogens (tertiary/aromatic N) is 2. The molecule has 2 aliphatic rings. The second kappa shape index (κ2) is 13.6. The van der Waals surface area contributed by atoms with Crippen LogP contribution in [0.15, 0.2) is 170 Å². The molecule has 8 aromatic carbocycles. The molecule has 10 rings (SSSR count). The summed E-state index contributed by atoms with van der Waals surface area (Å²) in [6.07, 6.45) is 1.94. The van der Waals surface area contributed by atoms with Crippen molar-refractivity contribution in [2.75, 3.05) is 23.9 Å². The summed E-state index contributed by atoms with van der Waals surface area (Å²) in [5, 5.41) is 0. The zero-order valence-corrected chi connectivity index (χ0v) is 32.5. The molecule has 56 heavy (non-hydrogen) atoms. The quantitative estimate of drug-likeness (QED) is 0.162. The second-order valence-corrected chi connectivity index (χ2v) is 15.5. The summed E-state index contributed by atoms with van der Waals surface area (Å²) in [5.41, 5.74) is 26.0. The molecular formula is C54H44N2. The van der Waals surface area contributed by atoms with Crippen molar-refractivity contribution in [2.24, 2.45) is 0 Å². The van der Waals surface area contributed by atoms with E-state index in [1.54, 1.807) is 0 Å². The number of aryl methyl sites for hydroxylation is 2. The summed E-state index contributed by atoms with van der Waals surface area (Å²) in [7, 11) is 4.40. The Labute approximate surface area is 331 Å².